The molecule has 0 fully saturated rings. The Morgan fingerprint density at radius 3 is 2.27 bits per heavy atom. The number of aromatic carboxylic acids is 1. The van der Waals surface area contributed by atoms with E-state index in [0.29, 0.717) is 3.57 Å². The van der Waals surface area contributed by atoms with Crippen LogP contribution in [0.5, 0.6) is 0 Å². The summed E-state index contributed by atoms with van der Waals surface area (Å²) in [7, 11) is 0. The summed E-state index contributed by atoms with van der Waals surface area (Å²) in [5, 5.41) is 10.3. The number of carbonyl (C=O) groups is 1. The number of carbonyl (C=O) groups excluding carboxylic acids is 1. The molecule has 0 aromatic heterocycles. The van der Waals surface area contributed by atoms with Gasteiger partial charge in [-0.2, -0.15) is 0 Å². The van der Waals surface area contributed by atoms with Crippen LogP contribution in [0, 0.1) is 3.57 Å². The Bertz CT molecular complexity index is 262. The number of halogens is 1. The molecule has 0 amide bonds. The summed E-state index contributed by atoms with van der Waals surface area (Å²) in [6, 6.07) is 6.71. The SMILES string of the molecule is O=C([O-])c1ccccc1I.[Li+]. The molecule has 0 aliphatic heterocycles. The summed E-state index contributed by atoms with van der Waals surface area (Å²) < 4.78 is 0.708. The zero-order chi connectivity index (χ0) is 7.56. The maximum absolute atomic E-state index is 10.3. The Labute approximate surface area is 90.3 Å². The Kier molecular flexibility index (Phi) is 4.81. The van der Waals surface area contributed by atoms with Gasteiger partial charge in [-0.1, -0.05) is 18.2 Å². The molecule has 0 spiro atoms. The number of carboxylic acid groups (broad SMARTS) is 1. The first-order chi connectivity index (χ1) is 4.72. The van der Waals surface area contributed by atoms with Gasteiger partial charge in [-0.25, -0.2) is 0 Å². The standard InChI is InChI=1S/C7H5IO2.Li/c8-6-4-2-1-3-5(6)7(9)10;/h1-4H,(H,9,10);/q;+1/p-1. The monoisotopic (exact) mass is 254 g/mol. The summed E-state index contributed by atoms with van der Waals surface area (Å²) in [6.07, 6.45) is 0. The Morgan fingerprint density at radius 1 is 1.36 bits per heavy atom. The molecule has 0 aliphatic rings. The van der Waals surface area contributed by atoms with E-state index in [1.54, 1.807) is 18.2 Å². The van der Waals surface area contributed by atoms with Gasteiger partial charge in [-0.15, -0.1) is 0 Å². The molecule has 0 heterocycles. The molecule has 0 aliphatic carbocycles. The molecule has 0 atom stereocenters. The van der Waals surface area contributed by atoms with Crippen molar-refractivity contribution >= 4 is 28.6 Å². The number of hydrogen-bond acceptors (Lipinski definition) is 2. The average Bonchev–Trinajstić information content (AvgIpc) is 1.88. The first-order valence-electron chi connectivity index (χ1n) is 2.67. The average molecular weight is 254 g/mol. The predicted octanol–water partition coefficient (Wildman–Crippen LogP) is -2.34. The fraction of sp³-hybridized carbons (Fsp3) is 0. The third kappa shape index (κ3) is 2.86. The van der Waals surface area contributed by atoms with Crippen LogP contribution >= 0.6 is 22.6 Å². The van der Waals surface area contributed by atoms with Crippen molar-refractivity contribution in [1.29, 1.82) is 0 Å². The van der Waals surface area contributed by atoms with E-state index in [-0.39, 0.29) is 24.4 Å². The minimum atomic E-state index is -1.12. The molecule has 4 heteroatoms. The largest absolute Gasteiger partial charge is 1.00 e. The van der Waals surface area contributed by atoms with Gasteiger partial charge in [-0.3, -0.25) is 0 Å². The molecule has 1 rings (SSSR count). The molecule has 0 N–H and O–H groups in total. The fourth-order valence-electron chi connectivity index (χ4n) is 0.627. The van der Waals surface area contributed by atoms with Gasteiger partial charge < -0.3 is 9.90 Å². The second-order valence-corrected chi connectivity index (χ2v) is 2.93. The Morgan fingerprint density at radius 2 is 1.91 bits per heavy atom. The second-order valence-electron chi connectivity index (χ2n) is 1.77. The van der Waals surface area contributed by atoms with Crippen LogP contribution in [0.3, 0.4) is 0 Å². The topological polar surface area (TPSA) is 40.1 Å². The third-order valence-electron chi connectivity index (χ3n) is 1.09. The third-order valence-corrected chi connectivity index (χ3v) is 2.03. The van der Waals surface area contributed by atoms with Crippen molar-refractivity contribution in [3.63, 3.8) is 0 Å². The van der Waals surface area contributed by atoms with Crippen LogP contribution in [-0.2, 0) is 0 Å². The molecule has 11 heavy (non-hydrogen) atoms. The zero-order valence-electron chi connectivity index (χ0n) is 6.00. The van der Waals surface area contributed by atoms with Crippen LogP contribution in [0.2, 0.25) is 0 Å². The molecule has 0 radical (unpaired) electrons. The molecule has 2 nitrogen and oxygen atoms in total. The van der Waals surface area contributed by atoms with Crippen molar-refractivity contribution in [3.8, 4) is 0 Å². The maximum atomic E-state index is 10.3. The fourth-order valence-corrected chi connectivity index (χ4v) is 1.23. The summed E-state index contributed by atoms with van der Waals surface area (Å²) in [5.74, 6) is -1.12. The predicted molar refractivity (Wildman–Crippen MR) is 43.5 cm³/mol. The maximum Gasteiger partial charge on any atom is 1.00 e. The summed E-state index contributed by atoms with van der Waals surface area (Å²) in [4.78, 5) is 10.3. The molecular weight excluding hydrogens is 250 g/mol. The van der Waals surface area contributed by atoms with Crippen LogP contribution in [0.4, 0.5) is 0 Å². The first kappa shape index (κ1) is 11.0. The van der Waals surface area contributed by atoms with E-state index < -0.39 is 5.97 Å². The van der Waals surface area contributed by atoms with Gasteiger partial charge >= 0.3 is 18.9 Å². The molecule has 0 unspecified atom stereocenters. The van der Waals surface area contributed by atoms with Gasteiger partial charge in [0.1, 0.15) is 0 Å². The molecule has 0 saturated carbocycles. The molecule has 1 aromatic carbocycles. The van der Waals surface area contributed by atoms with Crippen molar-refractivity contribution in [2.45, 2.75) is 0 Å². The van der Waals surface area contributed by atoms with E-state index in [1.807, 2.05) is 22.6 Å². The smallest absolute Gasteiger partial charge is 0.545 e. The van der Waals surface area contributed by atoms with Crippen molar-refractivity contribution < 1.29 is 28.8 Å². The van der Waals surface area contributed by atoms with Gasteiger partial charge in [0.2, 0.25) is 0 Å². The van der Waals surface area contributed by atoms with E-state index in [9.17, 15) is 9.90 Å². The summed E-state index contributed by atoms with van der Waals surface area (Å²) in [5.41, 5.74) is 0.253. The van der Waals surface area contributed by atoms with Crippen LogP contribution in [-0.4, -0.2) is 5.97 Å². The van der Waals surface area contributed by atoms with E-state index in [0.717, 1.165) is 0 Å². The van der Waals surface area contributed by atoms with Gasteiger partial charge in [0, 0.05) is 9.13 Å². The normalized spacial score (nSPS) is 8.45. The molecule has 52 valence electrons. The molecule has 0 saturated heterocycles. The van der Waals surface area contributed by atoms with E-state index in [2.05, 4.69) is 0 Å². The van der Waals surface area contributed by atoms with Crippen molar-refractivity contribution in [2.24, 2.45) is 0 Å². The minimum Gasteiger partial charge on any atom is -0.545 e. The van der Waals surface area contributed by atoms with Crippen LogP contribution in [0.15, 0.2) is 24.3 Å². The van der Waals surface area contributed by atoms with Crippen LogP contribution in [0.25, 0.3) is 0 Å². The van der Waals surface area contributed by atoms with E-state index in [4.69, 9.17) is 0 Å². The number of hydrogen-bond donors (Lipinski definition) is 0. The van der Waals surface area contributed by atoms with Crippen molar-refractivity contribution in [2.75, 3.05) is 0 Å². The van der Waals surface area contributed by atoms with Gasteiger partial charge in [0.05, 0.1) is 5.97 Å². The van der Waals surface area contributed by atoms with Crippen LogP contribution in [0.1, 0.15) is 10.4 Å². The number of benzene rings is 1. The zero-order valence-corrected chi connectivity index (χ0v) is 8.16. The van der Waals surface area contributed by atoms with Crippen LogP contribution < -0.4 is 24.0 Å². The second kappa shape index (κ2) is 4.81. The quantitative estimate of drug-likeness (QED) is 0.416. The summed E-state index contributed by atoms with van der Waals surface area (Å²) in [6.45, 7) is 0. The minimum absolute atomic E-state index is 0. The van der Waals surface area contributed by atoms with Gasteiger partial charge in [0.25, 0.3) is 0 Å². The summed E-state index contributed by atoms with van der Waals surface area (Å²) >= 11 is 1.95. The van der Waals surface area contributed by atoms with E-state index >= 15 is 0 Å². The Hall–Kier alpha value is 0.0174. The van der Waals surface area contributed by atoms with Crippen molar-refractivity contribution in [3.05, 3.63) is 33.4 Å². The van der Waals surface area contributed by atoms with Gasteiger partial charge in [-0.05, 0) is 28.7 Å². The molecule has 1 aromatic rings. The molecule has 0 bridgehead atoms. The van der Waals surface area contributed by atoms with Gasteiger partial charge in [0.15, 0.2) is 0 Å². The van der Waals surface area contributed by atoms with Crippen molar-refractivity contribution in [1.82, 2.24) is 0 Å². The number of carboxylic acids is 1. The molecular formula is C7H4ILiO2. The Balaban J connectivity index is 0.000001000. The van der Waals surface area contributed by atoms with E-state index in [1.165, 1.54) is 6.07 Å². The first-order valence-corrected chi connectivity index (χ1v) is 3.75. The number of rotatable bonds is 1.